The van der Waals surface area contributed by atoms with Crippen LogP contribution in [0.25, 0.3) is 0 Å². The van der Waals surface area contributed by atoms with Crippen LogP contribution in [0.3, 0.4) is 0 Å². The molecule has 0 unspecified atom stereocenters. The Kier molecular flexibility index (Phi) is 8.61. The molecule has 3 amide bonds. The minimum absolute atomic E-state index is 0.00426. The van der Waals surface area contributed by atoms with Gasteiger partial charge in [-0.25, -0.2) is 4.79 Å². The highest BCUT2D eigenvalue weighted by molar-refractivity contribution is 6.02. The van der Waals surface area contributed by atoms with Crippen LogP contribution < -0.4 is 24.8 Å². The molecule has 2 heterocycles. The average Bonchev–Trinajstić information content (AvgIpc) is 3.43. The Bertz CT molecular complexity index is 1380. The van der Waals surface area contributed by atoms with Crippen LogP contribution >= 0.6 is 0 Å². The zero-order valence-corrected chi connectivity index (χ0v) is 23.5. The Morgan fingerprint density at radius 1 is 1.02 bits per heavy atom. The summed E-state index contributed by atoms with van der Waals surface area (Å²) in [7, 11) is 2.05. The lowest BCUT2D eigenvalue weighted by atomic mass is 9.99. The van der Waals surface area contributed by atoms with Crippen LogP contribution in [0, 0.1) is 5.92 Å². The van der Waals surface area contributed by atoms with Gasteiger partial charge < -0.3 is 34.9 Å². The van der Waals surface area contributed by atoms with Crippen molar-refractivity contribution in [3.8, 4) is 17.2 Å². The van der Waals surface area contributed by atoms with Crippen LogP contribution in [0.4, 0.5) is 16.2 Å². The molecular weight excluding hydrogens is 524 g/mol. The van der Waals surface area contributed by atoms with Crippen molar-refractivity contribution in [1.29, 1.82) is 0 Å². The third-order valence-electron chi connectivity index (χ3n) is 7.34. The summed E-state index contributed by atoms with van der Waals surface area (Å²) in [5.41, 5.74) is 2.50. The normalized spacial score (nSPS) is 18.7. The minimum Gasteiger partial charge on any atom is -0.488 e. The molecule has 3 aromatic carbocycles. The van der Waals surface area contributed by atoms with Crippen LogP contribution in [-0.2, 0) is 6.54 Å². The molecular formula is C31H36N4O6. The van der Waals surface area contributed by atoms with Gasteiger partial charge >= 0.3 is 6.03 Å². The molecule has 2 aliphatic rings. The maximum Gasteiger partial charge on any atom is 0.323 e. The van der Waals surface area contributed by atoms with Gasteiger partial charge in [-0.15, -0.1) is 0 Å². The smallest absolute Gasteiger partial charge is 0.323 e. The zero-order valence-electron chi connectivity index (χ0n) is 23.5. The van der Waals surface area contributed by atoms with Gasteiger partial charge in [0.05, 0.1) is 18.2 Å². The predicted molar refractivity (Wildman–Crippen MR) is 156 cm³/mol. The minimum atomic E-state index is -0.474. The summed E-state index contributed by atoms with van der Waals surface area (Å²) in [5.74, 6) is 1.37. The Hall–Kier alpha value is -4.28. The molecule has 3 aromatic rings. The fourth-order valence-corrected chi connectivity index (χ4v) is 5.05. The number of hydrogen-bond donors (Lipinski definition) is 3. The number of likely N-dealkylation sites (N-methyl/N-ethyl adjacent to an activating group) is 1. The highest BCUT2D eigenvalue weighted by Crippen LogP contribution is 2.34. The number of aliphatic hydroxyl groups is 1. The van der Waals surface area contributed by atoms with Gasteiger partial charge in [0, 0.05) is 43.0 Å². The summed E-state index contributed by atoms with van der Waals surface area (Å²) in [5, 5.41) is 15.5. The number of anilines is 2. The Morgan fingerprint density at radius 2 is 1.71 bits per heavy atom. The van der Waals surface area contributed by atoms with E-state index >= 15 is 0 Å². The fraction of sp³-hybridized carbons (Fsp3) is 0.355. The molecule has 0 fully saturated rings. The number of carbonyl (C=O) groups excluding carboxylic acids is 2. The van der Waals surface area contributed by atoms with Gasteiger partial charge in [0.1, 0.15) is 11.9 Å². The number of carbonyl (C=O) groups is 2. The van der Waals surface area contributed by atoms with Crippen LogP contribution in [0.15, 0.2) is 66.7 Å². The molecule has 10 heteroatoms. The second-order valence-electron chi connectivity index (χ2n) is 10.7. The molecule has 0 radical (unpaired) electrons. The van der Waals surface area contributed by atoms with Gasteiger partial charge in [-0.3, -0.25) is 9.69 Å². The Morgan fingerprint density at radius 3 is 2.44 bits per heavy atom. The van der Waals surface area contributed by atoms with Gasteiger partial charge in [-0.1, -0.05) is 37.3 Å². The Labute approximate surface area is 239 Å². The second-order valence-corrected chi connectivity index (χ2v) is 10.7. The van der Waals surface area contributed by atoms with Crippen LogP contribution in [0.5, 0.6) is 17.2 Å². The Balaban J connectivity index is 1.34. The van der Waals surface area contributed by atoms with Crippen molar-refractivity contribution in [3.05, 3.63) is 77.9 Å². The first-order chi connectivity index (χ1) is 19.8. The molecule has 0 aromatic heterocycles. The first kappa shape index (κ1) is 28.3. The van der Waals surface area contributed by atoms with E-state index in [1.54, 1.807) is 41.3 Å². The summed E-state index contributed by atoms with van der Waals surface area (Å²) in [6.45, 7) is 5.69. The van der Waals surface area contributed by atoms with E-state index in [1.807, 2.05) is 32.2 Å². The number of nitrogens with zero attached hydrogens (tertiary/aromatic N) is 2. The van der Waals surface area contributed by atoms with Gasteiger partial charge in [0.2, 0.25) is 6.79 Å². The number of hydrogen-bond acceptors (Lipinski definition) is 7. The molecule has 3 N–H and O–H groups in total. The topological polar surface area (TPSA) is 113 Å². The maximum absolute atomic E-state index is 13.7. The van der Waals surface area contributed by atoms with Crippen LogP contribution in [-0.4, -0.2) is 72.5 Å². The highest BCUT2D eigenvalue weighted by atomic mass is 16.7. The van der Waals surface area contributed by atoms with Gasteiger partial charge in [-0.2, -0.15) is 0 Å². The second kappa shape index (κ2) is 12.5. The molecule has 0 bridgehead atoms. The number of rotatable bonds is 8. The number of aliphatic hydroxyl groups excluding tert-OH is 1. The highest BCUT2D eigenvalue weighted by Gasteiger charge is 2.33. The number of nitrogens with one attached hydrogen (secondary N) is 2. The molecule has 3 atom stereocenters. The summed E-state index contributed by atoms with van der Waals surface area (Å²) in [6.07, 6.45) is -0.211. The number of benzene rings is 3. The molecule has 216 valence electrons. The summed E-state index contributed by atoms with van der Waals surface area (Å²) < 4.78 is 17.2. The summed E-state index contributed by atoms with van der Waals surface area (Å²) in [6, 6.07) is 19.5. The van der Waals surface area contributed by atoms with Gasteiger partial charge in [0.15, 0.2) is 11.5 Å². The SMILES string of the molecule is C[C@H](CO)N1C[C@H](C)[C@@H](CN(C)Cc2ccccc2)Oc2ccc(NC(=O)Nc3ccc4c(c3)OCO4)cc2C1=O. The van der Waals surface area contributed by atoms with Crippen molar-refractivity contribution in [2.45, 2.75) is 32.5 Å². The van der Waals surface area contributed by atoms with Gasteiger partial charge in [-0.05, 0) is 49.9 Å². The van der Waals surface area contributed by atoms with Gasteiger partial charge in [0.25, 0.3) is 5.91 Å². The molecule has 5 rings (SSSR count). The standard InChI is InChI=1S/C31H36N4O6/c1-20-15-35(21(2)18-36)30(37)25-13-23(32-31(38)33-24-10-12-27-28(14-24)40-19-39-27)9-11-26(25)41-29(20)17-34(3)16-22-7-5-4-6-8-22/h4-14,20-21,29,36H,15-19H2,1-3H3,(H2,32,33,38)/t20-,21+,29+/m0/s1. The zero-order chi connectivity index (χ0) is 28.9. The number of amides is 3. The van der Waals surface area contributed by atoms with E-state index in [4.69, 9.17) is 14.2 Å². The third-order valence-corrected chi connectivity index (χ3v) is 7.34. The number of ether oxygens (including phenoxy) is 3. The molecule has 0 aliphatic carbocycles. The molecule has 10 nitrogen and oxygen atoms in total. The predicted octanol–water partition coefficient (Wildman–Crippen LogP) is 4.41. The van der Waals surface area contributed by atoms with Crippen molar-refractivity contribution in [3.63, 3.8) is 0 Å². The monoisotopic (exact) mass is 560 g/mol. The van der Waals surface area contributed by atoms with E-state index in [0.717, 1.165) is 6.54 Å². The van der Waals surface area contributed by atoms with Crippen LogP contribution in [0.1, 0.15) is 29.8 Å². The van der Waals surface area contributed by atoms with Crippen molar-refractivity contribution in [2.24, 2.45) is 5.92 Å². The van der Waals surface area contributed by atoms with E-state index in [9.17, 15) is 14.7 Å². The lowest BCUT2D eigenvalue weighted by Crippen LogP contribution is -2.49. The number of urea groups is 1. The quantitative estimate of drug-likeness (QED) is 0.374. The van der Waals surface area contributed by atoms with Crippen molar-refractivity contribution in [1.82, 2.24) is 9.80 Å². The first-order valence-electron chi connectivity index (χ1n) is 13.7. The van der Waals surface area contributed by atoms with E-state index < -0.39 is 6.03 Å². The first-order valence-corrected chi connectivity index (χ1v) is 13.7. The third kappa shape index (κ3) is 6.72. The van der Waals surface area contributed by atoms with E-state index in [-0.39, 0.29) is 37.4 Å². The van der Waals surface area contributed by atoms with Crippen molar-refractivity contribution in [2.75, 3.05) is 44.2 Å². The largest absolute Gasteiger partial charge is 0.488 e. The lowest BCUT2D eigenvalue weighted by Gasteiger charge is -2.38. The molecule has 0 spiro atoms. The van der Waals surface area contributed by atoms with E-state index in [2.05, 4.69) is 34.6 Å². The van der Waals surface area contributed by atoms with Crippen LogP contribution in [0.2, 0.25) is 0 Å². The average molecular weight is 561 g/mol. The maximum atomic E-state index is 13.7. The van der Waals surface area contributed by atoms with Crippen molar-refractivity contribution >= 4 is 23.3 Å². The molecule has 0 saturated heterocycles. The molecule has 41 heavy (non-hydrogen) atoms. The van der Waals surface area contributed by atoms with E-state index in [0.29, 0.717) is 47.3 Å². The van der Waals surface area contributed by atoms with E-state index in [1.165, 1.54) is 5.56 Å². The fourth-order valence-electron chi connectivity index (χ4n) is 5.05. The van der Waals surface area contributed by atoms with Crippen molar-refractivity contribution < 1.29 is 28.9 Å². The molecule has 0 saturated carbocycles. The summed E-state index contributed by atoms with van der Waals surface area (Å²) in [4.78, 5) is 30.4. The number of fused-ring (bicyclic) bond motifs is 2. The lowest BCUT2D eigenvalue weighted by molar-refractivity contribution is 0.0341. The summed E-state index contributed by atoms with van der Waals surface area (Å²) >= 11 is 0. The molecule has 2 aliphatic heterocycles.